The highest BCUT2D eigenvalue weighted by atomic mass is 15.1. The smallest absolute Gasteiger partial charge is 0.0634 e. The van der Waals surface area contributed by atoms with E-state index in [1.54, 1.807) is 6.20 Å². The highest BCUT2D eigenvalue weighted by Crippen LogP contribution is 2.19. The minimum Gasteiger partial charge on any atom is -0.159 e. The Bertz CT molecular complexity index is 233. The quantitative estimate of drug-likeness (QED) is 0.646. The first-order valence-corrected chi connectivity index (χ1v) is 4.04. The lowest BCUT2D eigenvalue weighted by Gasteiger charge is -2.09. The molecule has 0 aromatic carbocycles. The Morgan fingerprint density at radius 2 is 2.27 bits per heavy atom. The van der Waals surface area contributed by atoms with Crippen LogP contribution >= 0.6 is 0 Å². The third kappa shape index (κ3) is 1.76. The number of aryl methyl sites for hydroxylation is 1. The van der Waals surface area contributed by atoms with Crippen molar-refractivity contribution in [2.75, 3.05) is 0 Å². The van der Waals surface area contributed by atoms with Crippen molar-refractivity contribution in [3.63, 3.8) is 0 Å². The van der Waals surface area contributed by atoms with Crippen LogP contribution in [-0.4, -0.2) is 10.2 Å². The molecule has 1 heterocycles. The van der Waals surface area contributed by atoms with Crippen LogP contribution in [0.15, 0.2) is 12.3 Å². The SMILES string of the molecule is CCC(C)c1ccnnc1C. The lowest BCUT2D eigenvalue weighted by atomic mass is 9.98. The lowest BCUT2D eigenvalue weighted by molar-refractivity contribution is 0.714. The van der Waals surface area contributed by atoms with Crippen LogP contribution in [0.3, 0.4) is 0 Å². The summed E-state index contributed by atoms with van der Waals surface area (Å²) >= 11 is 0. The lowest BCUT2D eigenvalue weighted by Crippen LogP contribution is -1.98. The molecular formula is C9H14N2. The molecule has 60 valence electrons. The minimum absolute atomic E-state index is 0.602. The number of rotatable bonds is 2. The molecule has 2 nitrogen and oxygen atoms in total. The summed E-state index contributed by atoms with van der Waals surface area (Å²) in [6, 6.07) is 2.05. The van der Waals surface area contributed by atoms with E-state index in [1.807, 2.05) is 6.92 Å². The van der Waals surface area contributed by atoms with Crippen molar-refractivity contribution in [3.05, 3.63) is 23.5 Å². The average Bonchev–Trinajstić information content (AvgIpc) is 2.04. The third-order valence-corrected chi connectivity index (χ3v) is 2.09. The zero-order valence-corrected chi connectivity index (χ0v) is 7.33. The van der Waals surface area contributed by atoms with Crippen molar-refractivity contribution in [3.8, 4) is 0 Å². The summed E-state index contributed by atoms with van der Waals surface area (Å²) in [4.78, 5) is 0. The van der Waals surface area contributed by atoms with Gasteiger partial charge in [-0.05, 0) is 30.9 Å². The molecule has 0 fully saturated rings. The fourth-order valence-electron chi connectivity index (χ4n) is 1.15. The van der Waals surface area contributed by atoms with Crippen LogP contribution in [0, 0.1) is 6.92 Å². The summed E-state index contributed by atoms with van der Waals surface area (Å²) in [6.45, 7) is 6.41. The van der Waals surface area contributed by atoms with E-state index in [4.69, 9.17) is 0 Å². The number of aromatic nitrogens is 2. The molecule has 1 atom stereocenters. The predicted molar refractivity (Wildman–Crippen MR) is 45.5 cm³/mol. The summed E-state index contributed by atoms with van der Waals surface area (Å²) in [5.41, 5.74) is 2.38. The highest BCUT2D eigenvalue weighted by Gasteiger charge is 2.05. The molecule has 1 aromatic rings. The van der Waals surface area contributed by atoms with Gasteiger partial charge in [-0.3, -0.25) is 0 Å². The van der Waals surface area contributed by atoms with Gasteiger partial charge in [-0.2, -0.15) is 10.2 Å². The van der Waals surface area contributed by atoms with Crippen LogP contribution in [0.1, 0.15) is 37.4 Å². The van der Waals surface area contributed by atoms with E-state index in [0.29, 0.717) is 5.92 Å². The van der Waals surface area contributed by atoms with Gasteiger partial charge >= 0.3 is 0 Å². The maximum absolute atomic E-state index is 4.00. The predicted octanol–water partition coefficient (Wildman–Crippen LogP) is 2.30. The zero-order chi connectivity index (χ0) is 8.27. The molecule has 0 bridgehead atoms. The van der Waals surface area contributed by atoms with E-state index in [2.05, 4.69) is 30.1 Å². The highest BCUT2D eigenvalue weighted by molar-refractivity contribution is 5.19. The Hall–Kier alpha value is -0.920. The summed E-state index contributed by atoms with van der Waals surface area (Å²) in [7, 11) is 0. The van der Waals surface area contributed by atoms with Gasteiger partial charge in [-0.1, -0.05) is 13.8 Å². The largest absolute Gasteiger partial charge is 0.159 e. The second-order valence-electron chi connectivity index (χ2n) is 2.88. The molecule has 1 aromatic heterocycles. The van der Waals surface area contributed by atoms with Gasteiger partial charge in [0, 0.05) is 6.20 Å². The molecule has 0 aliphatic carbocycles. The second-order valence-corrected chi connectivity index (χ2v) is 2.88. The normalized spacial score (nSPS) is 13.0. The summed E-state index contributed by atoms with van der Waals surface area (Å²) in [5.74, 6) is 0.602. The number of hydrogen-bond donors (Lipinski definition) is 0. The van der Waals surface area contributed by atoms with Gasteiger partial charge in [0.15, 0.2) is 0 Å². The first-order valence-electron chi connectivity index (χ1n) is 4.04. The van der Waals surface area contributed by atoms with Crippen molar-refractivity contribution < 1.29 is 0 Å². The maximum Gasteiger partial charge on any atom is 0.0634 e. The molecule has 1 rings (SSSR count). The van der Waals surface area contributed by atoms with E-state index in [0.717, 1.165) is 12.1 Å². The summed E-state index contributed by atoms with van der Waals surface area (Å²) < 4.78 is 0. The Kier molecular flexibility index (Phi) is 2.58. The molecular weight excluding hydrogens is 136 g/mol. The Morgan fingerprint density at radius 1 is 1.55 bits per heavy atom. The first kappa shape index (κ1) is 8.18. The topological polar surface area (TPSA) is 25.8 Å². The van der Waals surface area contributed by atoms with Crippen molar-refractivity contribution in [1.29, 1.82) is 0 Å². The minimum atomic E-state index is 0.602. The van der Waals surface area contributed by atoms with Gasteiger partial charge < -0.3 is 0 Å². The van der Waals surface area contributed by atoms with Crippen molar-refractivity contribution >= 4 is 0 Å². The van der Waals surface area contributed by atoms with Crippen LogP contribution in [0.25, 0.3) is 0 Å². The third-order valence-electron chi connectivity index (χ3n) is 2.09. The van der Waals surface area contributed by atoms with Crippen LogP contribution in [0.4, 0.5) is 0 Å². The molecule has 0 saturated carbocycles. The molecule has 0 N–H and O–H groups in total. The zero-order valence-electron chi connectivity index (χ0n) is 7.33. The fraction of sp³-hybridized carbons (Fsp3) is 0.556. The van der Waals surface area contributed by atoms with E-state index < -0.39 is 0 Å². The van der Waals surface area contributed by atoms with Crippen molar-refractivity contribution in [2.45, 2.75) is 33.1 Å². The summed E-state index contributed by atoms with van der Waals surface area (Å²) in [5, 5.41) is 7.81. The average molecular weight is 150 g/mol. The molecule has 11 heavy (non-hydrogen) atoms. The molecule has 0 spiro atoms. The second kappa shape index (κ2) is 3.46. The van der Waals surface area contributed by atoms with E-state index in [1.165, 1.54) is 5.56 Å². The van der Waals surface area contributed by atoms with E-state index in [-0.39, 0.29) is 0 Å². The number of nitrogens with zero attached hydrogens (tertiary/aromatic N) is 2. The van der Waals surface area contributed by atoms with Gasteiger partial charge in [0.1, 0.15) is 0 Å². The van der Waals surface area contributed by atoms with Crippen LogP contribution < -0.4 is 0 Å². The van der Waals surface area contributed by atoms with Gasteiger partial charge in [0.2, 0.25) is 0 Å². The molecule has 0 amide bonds. The van der Waals surface area contributed by atoms with Crippen LogP contribution in [0.5, 0.6) is 0 Å². The van der Waals surface area contributed by atoms with Gasteiger partial charge in [-0.15, -0.1) is 0 Å². The van der Waals surface area contributed by atoms with Gasteiger partial charge in [0.05, 0.1) is 5.69 Å². The number of hydrogen-bond acceptors (Lipinski definition) is 2. The molecule has 1 unspecified atom stereocenters. The van der Waals surface area contributed by atoms with E-state index >= 15 is 0 Å². The Balaban J connectivity index is 2.93. The maximum atomic E-state index is 4.00. The molecule has 0 saturated heterocycles. The van der Waals surface area contributed by atoms with E-state index in [9.17, 15) is 0 Å². The van der Waals surface area contributed by atoms with Crippen molar-refractivity contribution in [2.24, 2.45) is 0 Å². The van der Waals surface area contributed by atoms with Gasteiger partial charge in [0.25, 0.3) is 0 Å². The molecule has 0 aliphatic rings. The summed E-state index contributed by atoms with van der Waals surface area (Å²) in [6.07, 6.45) is 2.92. The molecule has 2 heteroatoms. The fourth-order valence-corrected chi connectivity index (χ4v) is 1.15. The van der Waals surface area contributed by atoms with Crippen molar-refractivity contribution in [1.82, 2.24) is 10.2 Å². The standard InChI is InChI=1S/C9H14N2/c1-4-7(2)9-5-6-10-11-8(9)3/h5-7H,4H2,1-3H3. The Labute approximate surface area is 67.7 Å². The Morgan fingerprint density at radius 3 is 2.82 bits per heavy atom. The first-order chi connectivity index (χ1) is 5.25. The van der Waals surface area contributed by atoms with Crippen LogP contribution in [0.2, 0.25) is 0 Å². The molecule has 0 aliphatic heterocycles. The van der Waals surface area contributed by atoms with Crippen LogP contribution in [-0.2, 0) is 0 Å². The molecule has 0 radical (unpaired) electrons. The monoisotopic (exact) mass is 150 g/mol. The van der Waals surface area contributed by atoms with Gasteiger partial charge in [-0.25, -0.2) is 0 Å².